The van der Waals surface area contributed by atoms with Crippen molar-refractivity contribution in [2.45, 2.75) is 53.0 Å². The second kappa shape index (κ2) is 12.7. The van der Waals surface area contributed by atoms with Crippen LogP contribution in [0.5, 0.6) is 11.5 Å². The molecule has 2 heterocycles. The molecule has 0 unspecified atom stereocenters. The normalized spacial score (nSPS) is 15.3. The van der Waals surface area contributed by atoms with Crippen LogP contribution in [0.2, 0.25) is 0 Å². The molecule has 2 amide bonds. The Morgan fingerprint density at radius 2 is 1.89 bits per heavy atom. The van der Waals surface area contributed by atoms with Gasteiger partial charge in [-0.05, 0) is 36.5 Å². The van der Waals surface area contributed by atoms with Crippen LogP contribution in [0.1, 0.15) is 45.6 Å². The molecule has 11 heteroatoms. The number of hydrogen-bond acceptors (Lipinski definition) is 7. The molecule has 1 atom stereocenters. The minimum atomic E-state index is -0.702. The highest BCUT2D eigenvalue weighted by atomic mass is 16.5. The van der Waals surface area contributed by atoms with Gasteiger partial charge in [0, 0.05) is 32.6 Å². The van der Waals surface area contributed by atoms with Gasteiger partial charge in [-0.15, -0.1) is 0 Å². The monoisotopic (exact) mass is 529 g/mol. The van der Waals surface area contributed by atoms with E-state index in [9.17, 15) is 19.2 Å². The van der Waals surface area contributed by atoms with E-state index in [-0.39, 0.29) is 48.7 Å². The molecule has 1 saturated heterocycles. The summed E-state index contributed by atoms with van der Waals surface area (Å²) in [5.41, 5.74) is 5.94. The van der Waals surface area contributed by atoms with Crippen molar-refractivity contribution in [2.75, 3.05) is 44.5 Å². The van der Waals surface area contributed by atoms with Gasteiger partial charge < -0.3 is 25.0 Å². The maximum absolute atomic E-state index is 13.7. The lowest BCUT2D eigenvalue weighted by molar-refractivity contribution is -0.128. The van der Waals surface area contributed by atoms with Crippen molar-refractivity contribution >= 4 is 23.3 Å². The van der Waals surface area contributed by atoms with Gasteiger partial charge in [-0.2, -0.15) is 0 Å². The molecule has 1 aromatic heterocycles. The second-order valence-corrected chi connectivity index (χ2v) is 10.0. The Balaban J connectivity index is 1.81. The van der Waals surface area contributed by atoms with Gasteiger partial charge >= 0.3 is 5.69 Å². The lowest BCUT2D eigenvalue weighted by Crippen LogP contribution is -2.44. The van der Waals surface area contributed by atoms with Gasteiger partial charge in [0.15, 0.2) is 17.2 Å². The number of benzene rings is 1. The number of methoxy groups -OCH3 is 2. The zero-order valence-corrected chi connectivity index (χ0v) is 22.9. The van der Waals surface area contributed by atoms with Gasteiger partial charge in [-0.3, -0.25) is 23.9 Å². The molecule has 0 saturated carbocycles. The van der Waals surface area contributed by atoms with Gasteiger partial charge in [-0.1, -0.05) is 33.3 Å². The first-order chi connectivity index (χ1) is 18.1. The number of anilines is 2. The summed E-state index contributed by atoms with van der Waals surface area (Å²) in [5.74, 6) is 0.221. The van der Waals surface area contributed by atoms with Crippen molar-refractivity contribution in [3.63, 3.8) is 0 Å². The fourth-order valence-corrected chi connectivity index (χ4v) is 4.71. The standard InChI is InChI=1S/C27H39N5O6/c1-6-7-11-31(23-24(28)32(15-17(2)3)27(36)29-25(23)34)26(35)19-14-22(33)30(16-19)12-10-18-8-9-20(37-4)21(13-18)38-5/h8-9,13,17,19H,6-7,10-12,14-16,28H2,1-5H3,(H,29,34,36)/t19-/m0/s1. The van der Waals surface area contributed by atoms with E-state index in [2.05, 4.69) is 4.98 Å². The van der Waals surface area contributed by atoms with E-state index in [0.29, 0.717) is 37.4 Å². The van der Waals surface area contributed by atoms with Crippen molar-refractivity contribution < 1.29 is 19.1 Å². The number of H-pyrrole nitrogens is 1. The van der Waals surface area contributed by atoms with E-state index in [4.69, 9.17) is 15.2 Å². The lowest BCUT2D eigenvalue weighted by atomic mass is 10.1. The van der Waals surface area contributed by atoms with E-state index in [1.807, 2.05) is 39.0 Å². The van der Waals surface area contributed by atoms with Crippen LogP contribution in [-0.4, -0.2) is 60.1 Å². The van der Waals surface area contributed by atoms with E-state index in [1.165, 1.54) is 9.47 Å². The van der Waals surface area contributed by atoms with E-state index >= 15 is 0 Å². The molecule has 1 aliphatic rings. The van der Waals surface area contributed by atoms with Crippen LogP contribution in [0.4, 0.5) is 11.5 Å². The number of carbonyl (C=O) groups is 2. The second-order valence-electron chi connectivity index (χ2n) is 10.0. The van der Waals surface area contributed by atoms with Crippen molar-refractivity contribution in [3.05, 3.63) is 44.6 Å². The Morgan fingerprint density at radius 3 is 2.53 bits per heavy atom. The van der Waals surface area contributed by atoms with Crippen LogP contribution < -0.4 is 31.4 Å². The average molecular weight is 530 g/mol. The number of unbranched alkanes of at least 4 members (excludes halogenated alkanes) is 1. The van der Waals surface area contributed by atoms with Crippen LogP contribution in [0.25, 0.3) is 0 Å². The van der Waals surface area contributed by atoms with E-state index in [0.717, 1.165) is 12.0 Å². The average Bonchev–Trinajstić information content (AvgIpc) is 3.26. The minimum absolute atomic E-state index is 0.0278. The van der Waals surface area contributed by atoms with Gasteiger partial charge in [0.05, 0.1) is 20.1 Å². The molecule has 11 nitrogen and oxygen atoms in total. The summed E-state index contributed by atoms with van der Waals surface area (Å²) < 4.78 is 11.9. The van der Waals surface area contributed by atoms with Crippen LogP contribution >= 0.6 is 0 Å². The van der Waals surface area contributed by atoms with Crippen LogP contribution in [0.3, 0.4) is 0 Å². The van der Waals surface area contributed by atoms with Gasteiger partial charge in [0.1, 0.15) is 5.82 Å². The predicted molar refractivity (Wildman–Crippen MR) is 146 cm³/mol. The summed E-state index contributed by atoms with van der Waals surface area (Å²) >= 11 is 0. The number of nitrogen functional groups attached to an aromatic ring is 1. The fourth-order valence-electron chi connectivity index (χ4n) is 4.71. The van der Waals surface area contributed by atoms with Gasteiger partial charge in [0.25, 0.3) is 5.56 Å². The highest BCUT2D eigenvalue weighted by Crippen LogP contribution is 2.29. The molecule has 2 aromatic rings. The Bertz CT molecular complexity index is 1270. The van der Waals surface area contributed by atoms with E-state index in [1.54, 1.807) is 19.1 Å². The quantitative estimate of drug-likeness (QED) is 0.429. The number of carbonyl (C=O) groups excluding carboxylic acids is 2. The molecule has 1 fully saturated rings. The summed E-state index contributed by atoms with van der Waals surface area (Å²) in [6.45, 7) is 7.08. The zero-order chi connectivity index (χ0) is 28.0. The Kier molecular flexibility index (Phi) is 9.60. The Labute approximate surface area is 222 Å². The third-order valence-corrected chi connectivity index (χ3v) is 6.72. The summed E-state index contributed by atoms with van der Waals surface area (Å²) in [6, 6.07) is 5.60. The van der Waals surface area contributed by atoms with Crippen LogP contribution in [0, 0.1) is 11.8 Å². The molecule has 0 aliphatic carbocycles. The fraction of sp³-hybridized carbons (Fsp3) is 0.556. The van der Waals surface area contributed by atoms with Crippen molar-refractivity contribution in [2.24, 2.45) is 11.8 Å². The number of hydrogen-bond donors (Lipinski definition) is 2. The number of nitrogens with one attached hydrogen (secondary N) is 1. The number of likely N-dealkylation sites (tertiary alicyclic amines) is 1. The number of aromatic nitrogens is 2. The molecule has 0 spiro atoms. The molecule has 0 radical (unpaired) electrons. The number of nitrogens with zero attached hydrogens (tertiary/aromatic N) is 3. The molecule has 208 valence electrons. The topological polar surface area (TPSA) is 140 Å². The van der Waals surface area contributed by atoms with Gasteiger partial charge in [-0.25, -0.2) is 4.79 Å². The number of ether oxygens (including phenoxy) is 2. The summed E-state index contributed by atoms with van der Waals surface area (Å²) in [7, 11) is 3.14. The third kappa shape index (κ3) is 6.38. The van der Waals surface area contributed by atoms with Crippen LogP contribution in [-0.2, 0) is 22.6 Å². The Morgan fingerprint density at radius 1 is 1.18 bits per heavy atom. The third-order valence-electron chi connectivity index (χ3n) is 6.72. The molecule has 1 aliphatic heterocycles. The predicted octanol–water partition coefficient (Wildman–Crippen LogP) is 2.02. The molecular formula is C27H39N5O6. The molecule has 3 rings (SSSR count). The van der Waals surface area contributed by atoms with Gasteiger partial charge in [0.2, 0.25) is 11.8 Å². The largest absolute Gasteiger partial charge is 0.493 e. The highest BCUT2D eigenvalue weighted by Gasteiger charge is 2.38. The highest BCUT2D eigenvalue weighted by molar-refractivity contribution is 6.00. The maximum atomic E-state index is 13.7. The molecule has 3 N–H and O–H groups in total. The SMILES string of the molecule is CCCCN(C(=O)[C@H]1CC(=O)N(CCc2ccc(OC)c(OC)c2)C1)c1c(N)n(CC(C)C)c(=O)[nH]c1=O. The minimum Gasteiger partial charge on any atom is -0.493 e. The smallest absolute Gasteiger partial charge is 0.330 e. The first-order valence-corrected chi connectivity index (χ1v) is 13.0. The molecule has 1 aromatic carbocycles. The maximum Gasteiger partial charge on any atom is 0.330 e. The number of nitrogens with two attached hydrogens (primary N) is 1. The summed E-state index contributed by atoms with van der Waals surface area (Å²) in [5, 5.41) is 0. The molecule has 38 heavy (non-hydrogen) atoms. The summed E-state index contributed by atoms with van der Waals surface area (Å²) in [6.07, 6.45) is 2.06. The van der Waals surface area contributed by atoms with Crippen molar-refractivity contribution in [1.82, 2.24) is 14.5 Å². The van der Waals surface area contributed by atoms with E-state index < -0.39 is 17.2 Å². The number of aromatic amines is 1. The first kappa shape index (κ1) is 28.8. The zero-order valence-electron chi connectivity index (χ0n) is 22.9. The number of amides is 2. The van der Waals surface area contributed by atoms with Crippen LogP contribution in [0.15, 0.2) is 27.8 Å². The lowest BCUT2D eigenvalue weighted by Gasteiger charge is -2.27. The molecule has 0 bridgehead atoms. The van der Waals surface area contributed by atoms with Crippen molar-refractivity contribution in [3.8, 4) is 11.5 Å². The Hall–Kier alpha value is -3.76. The number of rotatable bonds is 12. The summed E-state index contributed by atoms with van der Waals surface area (Å²) in [4.78, 5) is 57.2. The van der Waals surface area contributed by atoms with Crippen molar-refractivity contribution in [1.29, 1.82) is 0 Å². The molecular weight excluding hydrogens is 490 g/mol. The first-order valence-electron chi connectivity index (χ1n) is 13.0.